The van der Waals surface area contributed by atoms with E-state index in [2.05, 4.69) is 6.92 Å². The third-order valence-corrected chi connectivity index (χ3v) is 7.29. The maximum atomic E-state index is 12.9. The van der Waals surface area contributed by atoms with Crippen LogP contribution >= 0.6 is 11.6 Å². The summed E-state index contributed by atoms with van der Waals surface area (Å²) in [5, 5.41) is 0. The zero-order valence-electron chi connectivity index (χ0n) is 12.6. The fourth-order valence-corrected chi connectivity index (χ4v) is 5.74. The maximum Gasteiger partial charge on any atom is 0.282 e. The largest absolute Gasteiger partial charge is 0.282 e. The molecule has 3 atom stereocenters. The van der Waals surface area contributed by atoms with Crippen molar-refractivity contribution in [1.29, 1.82) is 0 Å². The van der Waals surface area contributed by atoms with Crippen LogP contribution in [0.2, 0.25) is 0 Å². The second-order valence-corrected chi connectivity index (χ2v) is 8.61. The molecule has 20 heavy (non-hydrogen) atoms. The van der Waals surface area contributed by atoms with E-state index in [0.29, 0.717) is 18.3 Å². The van der Waals surface area contributed by atoms with Crippen LogP contribution < -0.4 is 0 Å². The van der Waals surface area contributed by atoms with Crippen LogP contribution in [0.25, 0.3) is 0 Å². The lowest BCUT2D eigenvalue weighted by molar-refractivity contribution is 0.205. The standard InChI is InChI=1S/C14H27ClN2O2S/c1-12-6-5-8-13(10-12)16(2)20(18,19)17-9-4-3-7-14(17)11-15/h12-14H,3-11H2,1-2H3. The monoisotopic (exact) mass is 322 g/mol. The molecule has 0 spiro atoms. The molecule has 1 aliphatic heterocycles. The van der Waals surface area contributed by atoms with E-state index in [-0.39, 0.29) is 12.1 Å². The lowest BCUT2D eigenvalue weighted by atomic mass is 9.87. The molecule has 1 heterocycles. The Morgan fingerprint density at radius 3 is 2.60 bits per heavy atom. The summed E-state index contributed by atoms with van der Waals surface area (Å²) in [6.45, 7) is 2.83. The molecule has 0 radical (unpaired) electrons. The van der Waals surface area contributed by atoms with E-state index in [1.54, 1.807) is 15.7 Å². The summed E-state index contributed by atoms with van der Waals surface area (Å²) in [5.74, 6) is 1.02. The zero-order valence-corrected chi connectivity index (χ0v) is 14.2. The Morgan fingerprint density at radius 2 is 1.95 bits per heavy atom. The Morgan fingerprint density at radius 1 is 1.20 bits per heavy atom. The van der Waals surface area contributed by atoms with Gasteiger partial charge in [-0.2, -0.15) is 17.0 Å². The molecule has 1 saturated heterocycles. The number of rotatable bonds is 4. The van der Waals surface area contributed by atoms with Crippen LogP contribution in [-0.4, -0.2) is 48.6 Å². The smallest absolute Gasteiger partial charge is 0.195 e. The van der Waals surface area contributed by atoms with Gasteiger partial charge in [-0.05, 0) is 31.6 Å². The van der Waals surface area contributed by atoms with Gasteiger partial charge in [-0.25, -0.2) is 0 Å². The molecule has 0 aromatic heterocycles. The first-order valence-corrected chi connectivity index (χ1v) is 9.70. The van der Waals surface area contributed by atoms with Crippen LogP contribution in [0.15, 0.2) is 0 Å². The predicted octanol–water partition coefficient (Wildman–Crippen LogP) is 2.84. The van der Waals surface area contributed by atoms with Crippen molar-refractivity contribution in [3.8, 4) is 0 Å². The first-order chi connectivity index (χ1) is 9.46. The predicted molar refractivity (Wildman–Crippen MR) is 83.2 cm³/mol. The Hall–Kier alpha value is 0.160. The molecule has 0 aromatic rings. The van der Waals surface area contributed by atoms with Crippen LogP contribution in [0, 0.1) is 5.92 Å². The highest BCUT2D eigenvalue weighted by Crippen LogP contribution is 2.30. The van der Waals surface area contributed by atoms with Crippen molar-refractivity contribution in [2.24, 2.45) is 5.92 Å². The van der Waals surface area contributed by atoms with Crippen LogP contribution in [0.1, 0.15) is 51.9 Å². The van der Waals surface area contributed by atoms with E-state index in [1.165, 1.54) is 6.42 Å². The molecule has 1 saturated carbocycles. The van der Waals surface area contributed by atoms with Gasteiger partial charge in [0.2, 0.25) is 0 Å². The molecule has 118 valence electrons. The third-order valence-electron chi connectivity index (χ3n) is 4.83. The van der Waals surface area contributed by atoms with Gasteiger partial charge in [-0.1, -0.05) is 26.2 Å². The topological polar surface area (TPSA) is 40.6 Å². The van der Waals surface area contributed by atoms with Crippen molar-refractivity contribution in [1.82, 2.24) is 8.61 Å². The van der Waals surface area contributed by atoms with Gasteiger partial charge in [0.15, 0.2) is 0 Å². The minimum absolute atomic E-state index is 0.0288. The average Bonchev–Trinajstić information content (AvgIpc) is 2.46. The molecule has 0 N–H and O–H groups in total. The molecule has 0 amide bonds. The number of hydrogen-bond acceptors (Lipinski definition) is 2. The van der Waals surface area contributed by atoms with Gasteiger partial charge in [-0.3, -0.25) is 0 Å². The SMILES string of the molecule is CC1CCCC(N(C)S(=O)(=O)N2CCCCC2CCl)C1. The molecule has 0 bridgehead atoms. The van der Waals surface area contributed by atoms with Gasteiger partial charge >= 0.3 is 0 Å². The fourth-order valence-electron chi connectivity index (χ4n) is 3.52. The maximum absolute atomic E-state index is 12.9. The Labute approximate surface area is 128 Å². The number of alkyl halides is 1. The highest BCUT2D eigenvalue weighted by Gasteiger charge is 2.38. The van der Waals surface area contributed by atoms with Crippen LogP contribution in [0.5, 0.6) is 0 Å². The van der Waals surface area contributed by atoms with E-state index < -0.39 is 10.2 Å². The second-order valence-electron chi connectivity index (χ2n) is 6.36. The number of nitrogens with zero attached hydrogens (tertiary/aromatic N) is 2. The Kier molecular flexibility index (Phi) is 5.74. The highest BCUT2D eigenvalue weighted by molar-refractivity contribution is 7.86. The molecule has 6 heteroatoms. The number of halogens is 1. The van der Waals surface area contributed by atoms with Crippen molar-refractivity contribution in [2.75, 3.05) is 19.5 Å². The van der Waals surface area contributed by atoms with E-state index in [0.717, 1.165) is 38.5 Å². The molecule has 3 unspecified atom stereocenters. The van der Waals surface area contributed by atoms with Gasteiger partial charge < -0.3 is 0 Å². The van der Waals surface area contributed by atoms with E-state index >= 15 is 0 Å². The molecule has 2 aliphatic rings. The Bertz CT molecular complexity index is 415. The normalized spacial score (nSPS) is 33.5. The lowest BCUT2D eigenvalue weighted by Crippen LogP contribution is -2.53. The van der Waals surface area contributed by atoms with Crippen molar-refractivity contribution >= 4 is 21.8 Å². The lowest BCUT2D eigenvalue weighted by Gasteiger charge is -2.40. The number of hydrogen-bond donors (Lipinski definition) is 0. The van der Waals surface area contributed by atoms with Crippen LogP contribution in [-0.2, 0) is 10.2 Å². The van der Waals surface area contributed by atoms with Gasteiger partial charge in [0.25, 0.3) is 10.2 Å². The zero-order chi connectivity index (χ0) is 14.8. The summed E-state index contributed by atoms with van der Waals surface area (Å²) in [7, 11) is -1.62. The van der Waals surface area contributed by atoms with E-state index in [4.69, 9.17) is 11.6 Å². The number of piperidine rings is 1. The van der Waals surface area contributed by atoms with Crippen LogP contribution in [0.3, 0.4) is 0 Å². The Balaban J connectivity index is 2.11. The summed E-state index contributed by atoms with van der Waals surface area (Å²) < 4.78 is 29.0. The summed E-state index contributed by atoms with van der Waals surface area (Å²) in [6.07, 6.45) is 7.23. The minimum Gasteiger partial charge on any atom is -0.195 e. The quantitative estimate of drug-likeness (QED) is 0.747. The van der Waals surface area contributed by atoms with Gasteiger partial charge in [0.05, 0.1) is 0 Å². The van der Waals surface area contributed by atoms with Crippen molar-refractivity contribution in [3.05, 3.63) is 0 Å². The molecular weight excluding hydrogens is 296 g/mol. The highest BCUT2D eigenvalue weighted by atomic mass is 35.5. The van der Waals surface area contributed by atoms with Gasteiger partial charge in [0.1, 0.15) is 0 Å². The molecule has 2 rings (SSSR count). The average molecular weight is 323 g/mol. The molecule has 4 nitrogen and oxygen atoms in total. The first-order valence-electron chi connectivity index (χ1n) is 7.77. The summed E-state index contributed by atoms with van der Waals surface area (Å²) in [6, 6.07) is 0.125. The molecular formula is C14H27ClN2O2S. The first kappa shape index (κ1) is 16.5. The molecule has 2 fully saturated rings. The minimum atomic E-state index is -3.36. The van der Waals surface area contributed by atoms with E-state index in [9.17, 15) is 8.42 Å². The van der Waals surface area contributed by atoms with Gasteiger partial charge in [-0.15, -0.1) is 11.6 Å². The van der Waals surface area contributed by atoms with Gasteiger partial charge in [0, 0.05) is 31.6 Å². The van der Waals surface area contributed by atoms with Crippen LogP contribution in [0.4, 0.5) is 0 Å². The van der Waals surface area contributed by atoms with Crippen molar-refractivity contribution in [2.45, 2.75) is 64.0 Å². The summed E-state index contributed by atoms with van der Waals surface area (Å²) in [5.41, 5.74) is 0. The van der Waals surface area contributed by atoms with E-state index in [1.807, 2.05) is 0 Å². The second kappa shape index (κ2) is 6.95. The third kappa shape index (κ3) is 3.49. The molecule has 0 aromatic carbocycles. The summed E-state index contributed by atoms with van der Waals surface area (Å²) in [4.78, 5) is 0. The fraction of sp³-hybridized carbons (Fsp3) is 1.00. The van der Waals surface area contributed by atoms with Crippen molar-refractivity contribution < 1.29 is 8.42 Å². The molecule has 1 aliphatic carbocycles. The van der Waals surface area contributed by atoms with Crippen molar-refractivity contribution in [3.63, 3.8) is 0 Å². The summed E-state index contributed by atoms with van der Waals surface area (Å²) >= 11 is 5.97.